The number of halogens is 2. The number of aromatic nitrogens is 2. The predicted molar refractivity (Wildman–Crippen MR) is 151 cm³/mol. The molecule has 5 heterocycles. The molecule has 1 amide bonds. The summed E-state index contributed by atoms with van der Waals surface area (Å²) in [7, 11) is 0. The minimum atomic E-state index is 0. The summed E-state index contributed by atoms with van der Waals surface area (Å²) in [5.41, 5.74) is 1.87. The molecule has 1 N–H and O–H groups in total. The van der Waals surface area contributed by atoms with Crippen LogP contribution in [0.4, 0.5) is 0 Å². The van der Waals surface area contributed by atoms with Crippen molar-refractivity contribution in [3.8, 4) is 11.5 Å². The van der Waals surface area contributed by atoms with Crippen LogP contribution < -0.4 is 14.8 Å². The number of pyridine rings is 1. The number of benzene rings is 1. The maximum atomic E-state index is 12.8. The molecule has 10 heteroatoms. The van der Waals surface area contributed by atoms with Gasteiger partial charge >= 0.3 is 0 Å². The van der Waals surface area contributed by atoms with Crippen LogP contribution >= 0.6 is 36.6 Å². The normalized spacial score (nSPS) is 18.9. The molecular formula is C27H32Cl2N4O3S. The zero-order chi connectivity index (χ0) is 23.6. The number of likely N-dealkylation sites (tertiary alicyclic amines) is 1. The molecule has 0 bridgehead atoms. The molecule has 7 nitrogen and oxygen atoms in total. The largest absolute Gasteiger partial charge is 0.486 e. The quantitative estimate of drug-likeness (QED) is 0.405. The van der Waals surface area contributed by atoms with Crippen LogP contribution in [0.3, 0.4) is 0 Å². The Kier molecular flexibility index (Phi) is 9.29. The van der Waals surface area contributed by atoms with E-state index in [-0.39, 0.29) is 36.8 Å². The van der Waals surface area contributed by atoms with Gasteiger partial charge < -0.3 is 14.8 Å². The van der Waals surface area contributed by atoms with Crippen LogP contribution in [0.5, 0.6) is 11.5 Å². The van der Waals surface area contributed by atoms with Crippen LogP contribution in [0.1, 0.15) is 31.4 Å². The van der Waals surface area contributed by atoms with Gasteiger partial charge in [0.15, 0.2) is 11.5 Å². The molecule has 0 radical (unpaired) electrons. The van der Waals surface area contributed by atoms with Gasteiger partial charge in [0, 0.05) is 13.1 Å². The number of imidazole rings is 1. The van der Waals surface area contributed by atoms with E-state index in [9.17, 15) is 4.79 Å². The fourth-order valence-corrected chi connectivity index (χ4v) is 6.18. The molecule has 37 heavy (non-hydrogen) atoms. The zero-order valence-electron chi connectivity index (χ0n) is 20.5. The number of thioether (sulfide) groups is 1. The van der Waals surface area contributed by atoms with Gasteiger partial charge in [0.25, 0.3) is 5.91 Å². The van der Waals surface area contributed by atoms with E-state index < -0.39 is 0 Å². The molecular weight excluding hydrogens is 531 g/mol. The summed E-state index contributed by atoms with van der Waals surface area (Å²) in [5.74, 6) is 2.43. The molecule has 6 rings (SSSR count). The molecule has 1 saturated heterocycles. The summed E-state index contributed by atoms with van der Waals surface area (Å²) in [4.78, 5) is 20.4. The van der Waals surface area contributed by atoms with E-state index in [1.807, 2.05) is 54.7 Å². The third-order valence-electron chi connectivity index (χ3n) is 7.05. The average molecular weight is 564 g/mol. The van der Waals surface area contributed by atoms with Crippen LogP contribution in [-0.4, -0.2) is 59.1 Å². The highest BCUT2D eigenvalue weighted by molar-refractivity contribution is 8.04. The minimum Gasteiger partial charge on any atom is -0.486 e. The third kappa shape index (κ3) is 6.20. The first-order chi connectivity index (χ1) is 17.2. The number of hydrogen-bond acceptors (Lipinski definition) is 6. The molecule has 0 aliphatic carbocycles. The van der Waals surface area contributed by atoms with Crippen LogP contribution in [0.15, 0.2) is 58.6 Å². The highest BCUT2D eigenvalue weighted by Gasteiger charge is 2.26. The molecule has 198 valence electrons. The van der Waals surface area contributed by atoms with Gasteiger partial charge in [-0.05, 0) is 75.0 Å². The van der Waals surface area contributed by atoms with Gasteiger partial charge in [0.05, 0.1) is 21.8 Å². The third-order valence-corrected chi connectivity index (χ3v) is 8.10. The second-order valence-electron chi connectivity index (χ2n) is 9.49. The number of piperidine rings is 1. The van der Waals surface area contributed by atoms with E-state index in [4.69, 9.17) is 9.47 Å². The van der Waals surface area contributed by atoms with Crippen molar-refractivity contribution >= 4 is 54.2 Å². The number of fused-ring (bicyclic) bond motifs is 1. The Morgan fingerprint density at radius 2 is 1.89 bits per heavy atom. The van der Waals surface area contributed by atoms with Gasteiger partial charge in [0.2, 0.25) is 0 Å². The first-order valence-corrected chi connectivity index (χ1v) is 13.3. The molecule has 3 aliphatic heterocycles. The van der Waals surface area contributed by atoms with E-state index in [0.29, 0.717) is 13.2 Å². The molecule has 3 aliphatic rings. The van der Waals surface area contributed by atoms with Crippen molar-refractivity contribution < 1.29 is 14.3 Å². The van der Waals surface area contributed by atoms with E-state index in [2.05, 4.69) is 19.6 Å². The number of nitrogens with zero attached hydrogens (tertiary/aromatic N) is 3. The number of ether oxygens (including phenoxy) is 2. The lowest BCUT2D eigenvalue weighted by Gasteiger charge is -2.35. The van der Waals surface area contributed by atoms with Crippen molar-refractivity contribution in [1.82, 2.24) is 19.6 Å². The van der Waals surface area contributed by atoms with Crippen molar-refractivity contribution in [3.63, 3.8) is 0 Å². The second-order valence-corrected chi connectivity index (χ2v) is 10.6. The molecule has 0 spiro atoms. The van der Waals surface area contributed by atoms with Crippen LogP contribution in [0, 0.1) is 5.92 Å². The Morgan fingerprint density at radius 3 is 2.73 bits per heavy atom. The summed E-state index contributed by atoms with van der Waals surface area (Å²) >= 11 is 1.51. The van der Waals surface area contributed by atoms with E-state index in [1.54, 1.807) is 0 Å². The highest BCUT2D eigenvalue weighted by atomic mass is 35.5. The van der Waals surface area contributed by atoms with Crippen LogP contribution in [-0.2, 0) is 4.79 Å². The second kappa shape index (κ2) is 12.4. The fraction of sp³-hybridized carbons (Fsp3) is 0.407. The van der Waals surface area contributed by atoms with Gasteiger partial charge in [-0.3, -0.25) is 14.1 Å². The van der Waals surface area contributed by atoms with Gasteiger partial charge in [-0.25, -0.2) is 4.98 Å². The zero-order valence-corrected chi connectivity index (χ0v) is 23.0. The van der Waals surface area contributed by atoms with Gasteiger partial charge in [0.1, 0.15) is 18.4 Å². The number of carbonyl (C=O) groups excluding carboxylic acids is 1. The van der Waals surface area contributed by atoms with Crippen molar-refractivity contribution in [2.24, 2.45) is 5.92 Å². The molecule has 3 aromatic rings. The topological polar surface area (TPSA) is 68.1 Å². The van der Waals surface area contributed by atoms with Gasteiger partial charge in [-0.2, -0.15) is 0 Å². The molecule has 1 unspecified atom stereocenters. The summed E-state index contributed by atoms with van der Waals surface area (Å²) in [6.07, 6.45) is 8.42. The summed E-state index contributed by atoms with van der Waals surface area (Å²) in [5, 5.41) is 4.15. The fourth-order valence-electron chi connectivity index (χ4n) is 5.18. The molecule has 0 saturated carbocycles. The number of carbonyl (C=O) groups is 1. The molecule has 1 atom stereocenters. The summed E-state index contributed by atoms with van der Waals surface area (Å²) < 4.78 is 14.1. The number of nitrogens with one attached hydrogen (secondary N) is 1. The van der Waals surface area contributed by atoms with Crippen LogP contribution in [0.2, 0.25) is 0 Å². The van der Waals surface area contributed by atoms with Crippen molar-refractivity contribution in [1.29, 1.82) is 0 Å². The van der Waals surface area contributed by atoms with Crippen molar-refractivity contribution in [2.75, 3.05) is 32.8 Å². The Morgan fingerprint density at radius 1 is 1.08 bits per heavy atom. The molecule has 2 aromatic heterocycles. The Labute approximate surface area is 233 Å². The summed E-state index contributed by atoms with van der Waals surface area (Å²) in [6, 6.07) is 13.9. The highest BCUT2D eigenvalue weighted by Crippen LogP contribution is 2.34. The van der Waals surface area contributed by atoms with Crippen LogP contribution in [0.25, 0.3) is 11.7 Å². The maximum absolute atomic E-state index is 12.8. The standard InChI is InChI=1S/C27H30N4O3S.2ClH/c32-27(24-15-20-16-29-25-8-3-9-26(35-24)31(20)25)28-12-4-5-19-10-13-30(14-11-19)17-21-18-33-22-6-1-2-7-23(22)34-21;;/h1-3,6-9,15-16,19,21H,4-5,10-14,17-18H2,(H,28,32);2*1H. The Hall–Kier alpha value is -2.39. The average Bonchev–Trinajstić information content (AvgIpc) is 3.32. The number of amides is 1. The van der Waals surface area contributed by atoms with E-state index >= 15 is 0 Å². The Balaban J connectivity index is 0.00000160. The van der Waals surface area contributed by atoms with Gasteiger partial charge in [-0.1, -0.05) is 30.0 Å². The lowest BCUT2D eigenvalue weighted by atomic mass is 9.92. The number of hydrogen-bond donors (Lipinski definition) is 1. The Bertz CT molecular complexity index is 1260. The first-order valence-electron chi connectivity index (χ1n) is 12.5. The number of rotatable bonds is 7. The lowest BCUT2D eigenvalue weighted by Crippen LogP contribution is -2.44. The first kappa shape index (κ1) is 27.6. The van der Waals surface area contributed by atoms with Gasteiger partial charge in [-0.15, -0.1) is 24.8 Å². The van der Waals surface area contributed by atoms with Crippen molar-refractivity contribution in [3.05, 3.63) is 59.3 Å². The van der Waals surface area contributed by atoms with E-state index in [0.717, 1.165) is 71.2 Å². The monoisotopic (exact) mass is 562 g/mol. The van der Waals surface area contributed by atoms with Crippen molar-refractivity contribution in [2.45, 2.75) is 36.8 Å². The predicted octanol–water partition coefficient (Wildman–Crippen LogP) is 5.07. The SMILES string of the molecule is Cl.Cl.O=C(NCCCC1CCN(CC2COc3ccccc3O2)CC1)C1=Cc2cnc3cccc(n23)S1. The number of para-hydroxylation sites is 2. The molecule has 1 fully saturated rings. The maximum Gasteiger partial charge on any atom is 0.258 e. The lowest BCUT2D eigenvalue weighted by molar-refractivity contribution is -0.116. The molecule has 1 aromatic carbocycles. The minimum absolute atomic E-state index is 0. The smallest absolute Gasteiger partial charge is 0.258 e. The summed E-state index contributed by atoms with van der Waals surface area (Å²) in [6.45, 7) is 4.44. The van der Waals surface area contributed by atoms with E-state index in [1.165, 1.54) is 24.6 Å².